The van der Waals surface area contributed by atoms with Crippen LogP contribution in [0.25, 0.3) is 0 Å². The highest BCUT2D eigenvalue weighted by Gasteiger charge is 2.06. The van der Waals surface area contributed by atoms with Crippen molar-refractivity contribution in [3.05, 3.63) is 46.6 Å². The molecule has 0 aliphatic carbocycles. The first kappa shape index (κ1) is 17.1. The van der Waals surface area contributed by atoms with Gasteiger partial charge in [0.25, 0.3) is 5.91 Å². The summed E-state index contributed by atoms with van der Waals surface area (Å²) in [5, 5.41) is 15.4. The van der Waals surface area contributed by atoms with Crippen LogP contribution in [0.1, 0.15) is 25.3 Å². The quantitative estimate of drug-likeness (QED) is 0.441. The van der Waals surface area contributed by atoms with Gasteiger partial charge >= 0.3 is 0 Å². The summed E-state index contributed by atoms with van der Waals surface area (Å²) in [7, 11) is 0. The Morgan fingerprint density at radius 2 is 2.05 bits per heavy atom. The maximum absolute atomic E-state index is 11.7. The molecule has 0 saturated heterocycles. The second-order valence-electron chi connectivity index (χ2n) is 4.61. The number of rotatable bonds is 8. The van der Waals surface area contributed by atoms with E-state index in [1.165, 1.54) is 6.20 Å². The van der Waals surface area contributed by atoms with Gasteiger partial charge in [-0.1, -0.05) is 37.1 Å². The molecule has 0 unspecified atom stereocenters. The standard InChI is InChI=1S/C16H20ClN3O/c1-2-3-9-20-16(21)14(11-18)12-19-10-8-13-4-6-15(17)7-5-13/h4-7,12,19H,2-3,8-10H2,1H3,(H,20,21)/b14-12-. The molecule has 4 nitrogen and oxygen atoms in total. The lowest BCUT2D eigenvalue weighted by Gasteiger charge is -2.05. The van der Waals surface area contributed by atoms with Gasteiger partial charge in [0.05, 0.1) is 0 Å². The minimum Gasteiger partial charge on any atom is -0.389 e. The zero-order chi connectivity index (χ0) is 15.5. The van der Waals surface area contributed by atoms with Crippen LogP contribution >= 0.6 is 11.6 Å². The second-order valence-corrected chi connectivity index (χ2v) is 5.05. The molecule has 0 bridgehead atoms. The number of nitrogens with one attached hydrogen (secondary N) is 2. The molecule has 0 saturated carbocycles. The van der Waals surface area contributed by atoms with E-state index in [0.29, 0.717) is 18.1 Å². The van der Waals surface area contributed by atoms with Crippen molar-refractivity contribution in [1.29, 1.82) is 5.26 Å². The molecule has 1 rings (SSSR count). The third kappa shape index (κ3) is 6.82. The number of nitrogens with zero attached hydrogens (tertiary/aromatic N) is 1. The summed E-state index contributed by atoms with van der Waals surface area (Å²) >= 11 is 5.81. The minimum atomic E-state index is -0.329. The molecule has 1 aromatic rings. The molecule has 0 spiro atoms. The van der Waals surface area contributed by atoms with Crippen molar-refractivity contribution in [1.82, 2.24) is 10.6 Å². The average Bonchev–Trinajstić information content (AvgIpc) is 2.49. The van der Waals surface area contributed by atoms with Gasteiger partial charge in [0.2, 0.25) is 0 Å². The third-order valence-corrected chi connectivity index (χ3v) is 3.15. The highest BCUT2D eigenvalue weighted by atomic mass is 35.5. The first-order chi connectivity index (χ1) is 10.2. The molecular formula is C16H20ClN3O. The van der Waals surface area contributed by atoms with Crippen LogP contribution in [0.4, 0.5) is 0 Å². The van der Waals surface area contributed by atoms with E-state index < -0.39 is 0 Å². The summed E-state index contributed by atoms with van der Waals surface area (Å²) in [4.78, 5) is 11.7. The molecule has 21 heavy (non-hydrogen) atoms. The Morgan fingerprint density at radius 3 is 2.67 bits per heavy atom. The number of carbonyl (C=O) groups is 1. The minimum absolute atomic E-state index is 0.0993. The van der Waals surface area contributed by atoms with Gasteiger partial charge < -0.3 is 10.6 Å². The summed E-state index contributed by atoms with van der Waals surface area (Å²) in [5.41, 5.74) is 1.24. The number of amides is 1. The third-order valence-electron chi connectivity index (χ3n) is 2.90. The molecule has 0 aliphatic rings. The van der Waals surface area contributed by atoms with Crippen molar-refractivity contribution in [3.8, 4) is 6.07 Å². The van der Waals surface area contributed by atoms with Gasteiger partial charge in [-0.3, -0.25) is 4.79 Å². The van der Waals surface area contributed by atoms with Crippen molar-refractivity contribution in [2.24, 2.45) is 0 Å². The lowest BCUT2D eigenvalue weighted by Crippen LogP contribution is -2.26. The zero-order valence-corrected chi connectivity index (χ0v) is 12.9. The SMILES string of the molecule is CCCCNC(=O)/C(C#N)=C\NCCc1ccc(Cl)cc1. The second kappa shape index (κ2) is 9.84. The van der Waals surface area contributed by atoms with Crippen LogP contribution < -0.4 is 10.6 Å². The number of unbranched alkanes of at least 4 members (excludes halogenated alkanes) is 1. The normalized spacial score (nSPS) is 10.8. The fourth-order valence-corrected chi connectivity index (χ4v) is 1.79. The van der Waals surface area contributed by atoms with E-state index in [1.54, 1.807) is 0 Å². The summed E-state index contributed by atoms with van der Waals surface area (Å²) in [5.74, 6) is -0.329. The zero-order valence-electron chi connectivity index (χ0n) is 12.2. The summed E-state index contributed by atoms with van der Waals surface area (Å²) in [6, 6.07) is 9.50. The molecule has 0 aromatic heterocycles. The Kier molecular flexibility index (Phi) is 8.00. The average molecular weight is 306 g/mol. The largest absolute Gasteiger partial charge is 0.389 e. The van der Waals surface area contributed by atoms with Crippen molar-refractivity contribution in [2.45, 2.75) is 26.2 Å². The molecule has 5 heteroatoms. The first-order valence-corrected chi connectivity index (χ1v) is 7.41. The fourth-order valence-electron chi connectivity index (χ4n) is 1.66. The van der Waals surface area contributed by atoms with Gasteiger partial charge in [-0.15, -0.1) is 0 Å². The molecule has 0 radical (unpaired) electrons. The summed E-state index contributed by atoms with van der Waals surface area (Å²) in [6.07, 6.45) is 4.18. The number of nitriles is 1. The van der Waals surface area contributed by atoms with Crippen LogP contribution in [-0.2, 0) is 11.2 Å². The maximum atomic E-state index is 11.7. The smallest absolute Gasteiger partial charge is 0.263 e. The Labute approximate surface area is 130 Å². The van der Waals surface area contributed by atoms with E-state index in [-0.39, 0.29) is 11.5 Å². The Balaban J connectivity index is 2.37. The first-order valence-electron chi connectivity index (χ1n) is 7.03. The number of carbonyl (C=O) groups excluding carboxylic acids is 1. The van der Waals surface area contributed by atoms with Crippen molar-refractivity contribution in [2.75, 3.05) is 13.1 Å². The van der Waals surface area contributed by atoms with E-state index >= 15 is 0 Å². The van der Waals surface area contributed by atoms with Gasteiger partial charge in [-0.2, -0.15) is 5.26 Å². The lowest BCUT2D eigenvalue weighted by molar-refractivity contribution is -0.117. The number of hydrogen-bond acceptors (Lipinski definition) is 3. The van der Waals surface area contributed by atoms with Crippen LogP contribution in [0, 0.1) is 11.3 Å². The molecule has 1 amide bonds. The Bertz CT molecular complexity index is 517. The van der Waals surface area contributed by atoms with Crippen molar-refractivity contribution < 1.29 is 4.79 Å². The van der Waals surface area contributed by atoms with Gasteiger partial charge in [0.1, 0.15) is 11.6 Å². The Hall–Kier alpha value is -1.99. The van der Waals surface area contributed by atoms with Crippen LogP contribution in [0.2, 0.25) is 5.02 Å². The highest BCUT2D eigenvalue weighted by Crippen LogP contribution is 2.09. The molecule has 112 valence electrons. The Morgan fingerprint density at radius 1 is 1.33 bits per heavy atom. The lowest BCUT2D eigenvalue weighted by atomic mass is 10.1. The number of halogens is 1. The molecule has 0 fully saturated rings. The highest BCUT2D eigenvalue weighted by molar-refractivity contribution is 6.30. The van der Waals surface area contributed by atoms with Gasteiger partial charge in [-0.05, 0) is 30.5 Å². The van der Waals surface area contributed by atoms with Crippen molar-refractivity contribution in [3.63, 3.8) is 0 Å². The van der Waals surface area contributed by atoms with Crippen LogP contribution in [0.5, 0.6) is 0 Å². The van der Waals surface area contributed by atoms with Crippen LogP contribution in [-0.4, -0.2) is 19.0 Å². The topological polar surface area (TPSA) is 64.9 Å². The summed E-state index contributed by atoms with van der Waals surface area (Å²) < 4.78 is 0. The molecular weight excluding hydrogens is 286 g/mol. The van der Waals surface area contributed by atoms with E-state index in [2.05, 4.69) is 10.6 Å². The maximum Gasteiger partial charge on any atom is 0.263 e. The van der Waals surface area contributed by atoms with E-state index in [4.69, 9.17) is 16.9 Å². The van der Waals surface area contributed by atoms with E-state index in [9.17, 15) is 4.79 Å². The molecule has 0 atom stereocenters. The van der Waals surface area contributed by atoms with Crippen LogP contribution in [0.15, 0.2) is 36.0 Å². The monoisotopic (exact) mass is 305 g/mol. The fraction of sp³-hybridized carbons (Fsp3) is 0.375. The number of benzene rings is 1. The van der Waals surface area contributed by atoms with Crippen LogP contribution in [0.3, 0.4) is 0 Å². The molecule has 1 aromatic carbocycles. The molecule has 0 heterocycles. The van der Waals surface area contributed by atoms with E-state index in [1.807, 2.05) is 37.3 Å². The van der Waals surface area contributed by atoms with Gasteiger partial charge in [0.15, 0.2) is 0 Å². The molecule has 0 aliphatic heterocycles. The molecule has 2 N–H and O–H groups in total. The van der Waals surface area contributed by atoms with Crippen molar-refractivity contribution >= 4 is 17.5 Å². The van der Waals surface area contributed by atoms with Gasteiger partial charge in [-0.25, -0.2) is 0 Å². The predicted octanol–water partition coefficient (Wildman–Crippen LogP) is 2.80. The van der Waals surface area contributed by atoms with Gasteiger partial charge in [0, 0.05) is 24.3 Å². The van der Waals surface area contributed by atoms with E-state index in [0.717, 1.165) is 24.8 Å². The summed E-state index contributed by atoms with van der Waals surface area (Å²) in [6.45, 7) is 3.29. The predicted molar refractivity (Wildman–Crippen MR) is 84.8 cm³/mol. The number of hydrogen-bond donors (Lipinski definition) is 2.